The fourth-order valence-electron chi connectivity index (χ4n) is 3.64. The third kappa shape index (κ3) is 7.11. The fourth-order valence-corrected chi connectivity index (χ4v) is 3.64. The summed E-state index contributed by atoms with van der Waals surface area (Å²) >= 11 is 0. The van der Waals surface area contributed by atoms with E-state index < -0.39 is 0 Å². The minimum Gasteiger partial charge on any atom is -0.357 e. The predicted molar refractivity (Wildman–Crippen MR) is 100 cm³/mol. The molecule has 23 heavy (non-hydrogen) atoms. The molecule has 0 aromatic carbocycles. The molecule has 0 radical (unpaired) electrons. The first-order valence-electron chi connectivity index (χ1n) is 10.0. The van der Waals surface area contributed by atoms with Crippen LogP contribution in [0.25, 0.3) is 0 Å². The number of hydrogen-bond acceptors (Lipinski definition) is 2. The zero-order valence-electron chi connectivity index (χ0n) is 15.5. The zero-order valence-corrected chi connectivity index (χ0v) is 15.5. The molecule has 0 spiro atoms. The van der Waals surface area contributed by atoms with Crippen LogP contribution in [-0.2, 0) is 0 Å². The summed E-state index contributed by atoms with van der Waals surface area (Å²) < 4.78 is 0. The van der Waals surface area contributed by atoms with Gasteiger partial charge in [-0.2, -0.15) is 0 Å². The molecule has 0 unspecified atom stereocenters. The van der Waals surface area contributed by atoms with Crippen molar-refractivity contribution in [2.45, 2.75) is 65.2 Å². The van der Waals surface area contributed by atoms with Crippen LogP contribution in [0, 0.1) is 5.92 Å². The van der Waals surface area contributed by atoms with Crippen molar-refractivity contribution >= 4 is 5.96 Å². The maximum absolute atomic E-state index is 4.86. The first kappa shape index (κ1) is 18.6. The van der Waals surface area contributed by atoms with Gasteiger partial charge in [-0.3, -0.25) is 4.99 Å². The average Bonchev–Trinajstić information content (AvgIpc) is 2.59. The summed E-state index contributed by atoms with van der Waals surface area (Å²) in [6.07, 6.45) is 10.8. The van der Waals surface area contributed by atoms with Crippen molar-refractivity contribution in [3.05, 3.63) is 0 Å². The summed E-state index contributed by atoms with van der Waals surface area (Å²) in [6, 6.07) is 0. The van der Waals surface area contributed by atoms with Crippen molar-refractivity contribution in [1.82, 2.24) is 15.1 Å². The Morgan fingerprint density at radius 1 is 1.00 bits per heavy atom. The van der Waals surface area contributed by atoms with Gasteiger partial charge in [0.25, 0.3) is 0 Å². The van der Waals surface area contributed by atoms with Gasteiger partial charge >= 0.3 is 0 Å². The van der Waals surface area contributed by atoms with E-state index in [2.05, 4.69) is 29.0 Å². The smallest absolute Gasteiger partial charge is 0.193 e. The number of hydrogen-bond donors (Lipinski definition) is 1. The summed E-state index contributed by atoms with van der Waals surface area (Å²) in [5.41, 5.74) is 0. The normalized spacial score (nSPS) is 21.7. The van der Waals surface area contributed by atoms with Crippen molar-refractivity contribution in [3.8, 4) is 0 Å². The number of likely N-dealkylation sites (tertiary alicyclic amines) is 2. The van der Waals surface area contributed by atoms with Gasteiger partial charge in [-0.1, -0.05) is 19.8 Å². The number of rotatable bonds is 7. The second-order valence-corrected chi connectivity index (χ2v) is 7.37. The van der Waals surface area contributed by atoms with Gasteiger partial charge in [0.15, 0.2) is 5.96 Å². The molecule has 2 heterocycles. The van der Waals surface area contributed by atoms with Crippen LogP contribution < -0.4 is 5.32 Å². The minimum atomic E-state index is 0.879. The van der Waals surface area contributed by atoms with E-state index in [1.807, 2.05) is 0 Å². The van der Waals surface area contributed by atoms with Crippen LogP contribution in [0.1, 0.15) is 65.2 Å². The van der Waals surface area contributed by atoms with E-state index in [4.69, 9.17) is 4.99 Å². The van der Waals surface area contributed by atoms with Crippen molar-refractivity contribution in [2.24, 2.45) is 10.9 Å². The van der Waals surface area contributed by atoms with E-state index in [1.54, 1.807) is 0 Å². The molecule has 134 valence electrons. The number of piperidine rings is 2. The van der Waals surface area contributed by atoms with Crippen LogP contribution in [0.5, 0.6) is 0 Å². The lowest BCUT2D eigenvalue weighted by molar-refractivity contribution is 0.224. The Morgan fingerprint density at radius 3 is 2.43 bits per heavy atom. The maximum atomic E-state index is 4.86. The van der Waals surface area contributed by atoms with Crippen molar-refractivity contribution in [1.29, 1.82) is 0 Å². The Hall–Kier alpha value is -0.770. The monoisotopic (exact) mass is 322 g/mol. The largest absolute Gasteiger partial charge is 0.357 e. The third-order valence-electron chi connectivity index (χ3n) is 5.26. The highest BCUT2D eigenvalue weighted by Crippen LogP contribution is 2.16. The molecule has 0 saturated carbocycles. The van der Waals surface area contributed by atoms with Gasteiger partial charge in [0.05, 0.1) is 0 Å². The zero-order chi connectivity index (χ0) is 16.3. The lowest BCUT2D eigenvalue weighted by Crippen LogP contribution is -2.45. The van der Waals surface area contributed by atoms with Gasteiger partial charge < -0.3 is 15.1 Å². The highest BCUT2D eigenvalue weighted by molar-refractivity contribution is 5.80. The van der Waals surface area contributed by atoms with Gasteiger partial charge in [-0.25, -0.2) is 0 Å². The Kier molecular flexibility index (Phi) is 8.80. The van der Waals surface area contributed by atoms with Crippen LogP contribution >= 0.6 is 0 Å². The molecule has 1 N–H and O–H groups in total. The van der Waals surface area contributed by atoms with Crippen molar-refractivity contribution in [2.75, 3.05) is 45.8 Å². The second-order valence-electron chi connectivity index (χ2n) is 7.37. The molecule has 4 nitrogen and oxygen atoms in total. The molecular weight excluding hydrogens is 284 g/mol. The summed E-state index contributed by atoms with van der Waals surface area (Å²) in [7, 11) is 0. The van der Waals surface area contributed by atoms with Crippen molar-refractivity contribution in [3.63, 3.8) is 0 Å². The van der Waals surface area contributed by atoms with Crippen LogP contribution in [-0.4, -0.2) is 61.6 Å². The van der Waals surface area contributed by atoms with Crippen LogP contribution in [0.2, 0.25) is 0 Å². The molecule has 0 atom stereocenters. The average molecular weight is 323 g/mol. The molecule has 0 bridgehead atoms. The maximum Gasteiger partial charge on any atom is 0.193 e. The first-order chi connectivity index (χ1) is 11.3. The molecule has 2 rings (SSSR count). The van der Waals surface area contributed by atoms with Gasteiger partial charge in [-0.15, -0.1) is 0 Å². The number of nitrogens with one attached hydrogen (secondary N) is 1. The molecule has 0 aromatic rings. The highest BCUT2D eigenvalue weighted by atomic mass is 15.3. The molecule has 2 fully saturated rings. The Morgan fingerprint density at radius 2 is 1.74 bits per heavy atom. The van der Waals surface area contributed by atoms with Crippen LogP contribution in [0.4, 0.5) is 0 Å². The Labute approximate surface area is 143 Å². The second kappa shape index (κ2) is 10.9. The third-order valence-corrected chi connectivity index (χ3v) is 5.26. The van der Waals surface area contributed by atoms with Gasteiger partial charge in [0.1, 0.15) is 0 Å². The topological polar surface area (TPSA) is 30.9 Å². The molecule has 4 heteroatoms. The SMILES string of the molecule is CCNC(=NCCCCCN1CCCCC1)N1CCC(C)CC1. The standard InChI is InChI=1S/C19H38N4/c1-3-20-19(23-16-10-18(2)11-17-23)21-12-6-4-7-13-22-14-8-5-9-15-22/h18H,3-17H2,1-2H3,(H,20,21). The van der Waals surface area contributed by atoms with E-state index in [9.17, 15) is 0 Å². The highest BCUT2D eigenvalue weighted by Gasteiger charge is 2.18. The molecule has 2 aliphatic heterocycles. The Balaban J connectivity index is 1.60. The number of aliphatic imine (C=N–C) groups is 1. The van der Waals surface area contributed by atoms with Crippen LogP contribution in [0.15, 0.2) is 4.99 Å². The van der Waals surface area contributed by atoms with Gasteiger partial charge in [0, 0.05) is 26.2 Å². The molecule has 2 aliphatic rings. The van der Waals surface area contributed by atoms with Gasteiger partial charge in [0.2, 0.25) is 0 Å². The quantitative estimate of drug-likeness (QED) is 0.443. The predicted octanol–water partition coefficient (Wildman–Crippen LogP) is 3.34. The van der Waals surface area contributed by atoms with E-state index in [0.717, 1.165) is 25.0 Å². The van der Waals surface area contributed by atoms with Gasteiger partial charge in [-0.05, 0) is 71.0 Å². The summed E-state index contributed by atoms with van der Waals surface area (Å²) in [5, 5.41) is 3.48. The summed E-state index contributed by atoms with van der Waals surface area (Å²) in [5.74, 6) is 2.03. The lowest BCUT2D eigenvalue weighted by atomic mass is 10.00. The van der Waals surface area contributed by atoms with E-state index in [0.29, 0.717) is 0 Å². The van der Waals surface area contributed by atoms with Crippen LogP contribution in [0.3, 0.4) is 0 Å². The summed E-state index contributed by atoms with van der Waals surface area (Å²) in [4.78, 5) is 9.96. The minimum absolute atomic E-state index is 0.879. The number of guanidine groups is 1. The summed E-state index contributed by atoms with van der Waals surface area (Å²) in [6.45, 7) is 12.8. The molecular formula is C19H38N4. The lowest BCUT2D eigenvalue weighted by Gasteiger charge is -2.33. The first-order valence-corrected chi connectivity index (χ1v) is 10.0. The molecule has 0 amide bonds. The van der Waals surface area contributed by atoms with E-state index in [-0.39, 0.29) is 0 Å². The van der Waals surface area contributed by atoms with Crippen molar-refractivity contribution < 1.29 is 0 Å². The van der Waals surface area contributed by atoms with E-state index in [1.165, 1.54) is 84.1 Å². The number of unbranched alkanes of at least 4 members (excludes halogenated alkanes) is 2. The fraction of sp³-hybridized carbons (Fsp3) is 0.947. The molecule has 0 aliphatic carbocycles. The Bertz CT molecular complexity index is 328. The van der Waals surface area contributed by atoms with E-state index >= 15 is 0 Å². The number of nitrogens with zero attached hydrogens (tertiary/aromatic N) is 3. The molecule has 0 aromatic heterocycles. The molecule has 2 saturated heterocycles.